The molecule has 0 amide bonds. The van der Waals surface area contributed by atoms with Gasteiger partial charge in [0.25, 0.3) is 0 Å². The summed E-state index contributed by atoms with van der Waals surface area (Å²) in [5, 5.41) is 9.78. The summed E-state index contributed by atoms with van der Waals surface area (Å²) in [6.45, 7) is 12.2. The molecule has 3 nitrogen and oxygen atoms in total. The van der Waals surface area contributed by atoms with Gasteiger partial charge in [-0.3, -0.25) is 9.59 Å². The van der Waals surface area contributed by atoms with Gasteiger partial charge in [-0.05, 0) is 68.3 Å². The largest absolute Gasteiger partial charge is 0.481 e. The Labute approximate surface area is 133 Å². The highest BCUT2D eigenvalue weighted by Gasteiger charge is 2.57. The number of carboxylic acids is 1. The van der Waals surface area contributed by atoms with E-state index in [-0.39, 0.29) is 11.3 Å². The average Bonchev–Trinajstić information content (AvgIpc) is 2.45. The molecule has 122 valence electrons. The zero-order valence-corrected chi connectivity index (χ0v) is 13.9. The van der Waals surface area contributed by atoms with Gasteiger partial charge in [0, 0.05) is 0 Å². The minimum absolute atomic E-state index is 0.0239. The Hall–Kier alpha value is -1.38. The average molecular weight is 304 g/mol. The van der Waals surface area contributed by atoms with Crippen molar-refractivity contribution >= 4 is 12.3 Å². The lowest BCUT2D eigenvalue weighted by molar-refractivity contribution is -0.164. The molecular formula is C19H28O3. The number of carbonyl (C=O) groups is 2. The summed E-state index contributed by atoms with van der Waals surface area (Å²) in [6.07, 6.45) is 6.96. The number of fused-ring (bicyclic) bond motifs is 1. The number of carbonyl (C=O) groups excluding carboxylic acids is 1. The smallest absolute Gasteiger partial charge is 0.309 e. The molecule has 22 heavy (non-hydrogen) atoms. The molecule has 0 aromatic carbocycles. The Morgan fingerprint density at radius 3 is 2.68 bits per heavy atom. The van der Waals surface area contributed by atoms with Gasteiger partial charge < -0.3 is 5.11 Å². The van der Waals surface area contributed by atoms with Crippen molar-refractivity contribution < 1.29 is 14.7 Å². The fourth-order valence-electron chi connectivity index (χ4n) is 5.13. The van der Waals surface area contributed by atoms with Crippen molar-refractivity contribution in [1.82, 2.24) is 0 Å². The molecule has 0 radical (unpaired) electrons. The topological polar surface area (TPSA) is 54.4 Å². The number of aliphatic carboxylic acids is 1. The molecule has 0 spiro atoms. The number of allylic oxidation sites excluding steroid dienone is 2. The quantitative estimate of drug-likeness (QED) is 0.466. The first kappa shape index (κ1) is 17.0. The van der Waals surface area contributed by atoms with E-state index in [1.54, 1.807) is 0 Å². The Bertz CT molecular complexity index is 507. The van der Waals surface area contributed by atoms with E-state index in [1.807, 2.05) is 6.92 Å². The molecule has 1 N–H and O–H groups in total. The van der Waals surface area contributed by atoms with Crippen LogP contribution in [-0.2, 0) is 9.59 Å². The fraction of sp³-hybridized carbons (Fsp3) is 0.684. The maximum absolute atomic E-state index is 11.9. The molecule has 0 saturated heterocycles. The molecule has 2 aliphatic carbocycles. The third-order valence-electron chi connectivity index (χ3n) is 6.43. The van der Waals surface area contributed by atoms with Crippen LogP contribution >= 0.6 is 0 Å². The van der Waals surface area contributed by atoms with Gasteiger partial charge in [0.2, 0.25) is 0 Å². The third-order valence-corrected chi connectivity index (χ3v) is 6.43. The van der Waals surface area contributed by atoms with E-state index >= 15 is 0 Å². The second-order valence-electron chi connectivity index (χ2n) is 7.70. The molecule has 0 aromatic heterocycles. The molecule has 0 bridgehead atoms. The minimum Gasteiger partial charge on any atom is -0.481 e. The Balaban J connectivity index is 2.30. The van der Waals surface area contributed by atoms with Crippen molar-refractivity contribution in [1.29, 1.82) is 0 Å². The van der Waals surface area contributed by atoms with E-state index in [0.717, 1.165) is 44.8 Å². The summed E-state index contributed by atoms with van der Waals surface area (Å²) in [4.78, 5) is 22.7. The lowest BCUT2D eigenvalue weighted by Gasteiger charge is -2.57. The summed E-state index contributed by atoms with van der Waals surface area (Å²) >= 11 is 0. The SMILES string of the molecule is C=C(C=O)CC[C@H]1C(=C)CCC2[C@]1(C)CCC[C@]2(C)C(=O)O. The van der Waals surface area contributed by atoms with Gasteiger partial charge in [-0.15, -0.1) is 0 Å². The molecule has 0 heterocycles. The van der Waals surface area contributed by atoms with Crippen molar-refractivity contribution in [3.63, 3.8) is 0 Å². The third kappa shape index (κ3) is 2.66. The first-order valence-electron chi connectivity index (χ1n) is 8.29. The molecule has 3 heteroatoms. The summed E-state index contributed by atoms with van der Waals surface area (Å²) < 4.78 is 0. The van der Waals surface area contributed by atoms with Crippen LogP contribution in [0.15, 0.2) is 24.3 Å². The van der Waals surface area contributed by atoms with Gasteiger partial charge in [0.05, 0.1) is 5.41 Å². The molecule has 0 aliphatic heterocycles. The summed E-state index contributed by atoms with van der Waals surface area (Å²) in [5.41, 5.74) is 1.19. The van der Waals surface area contributed by atoms with Gasteiger partial charge in [0.1, 0.15) is 6.29 Å². The van der Waals surface area contributed by atoms with Gasteiger partial charge in [0.15, 0.2) is 0 Å². The van der Waals surface area contributed by atoms with E-state index in [0.29, 0.717) is 17.9 Å². The maximum atomic E-state index is 11.9. The highest BCUT2D eigenvalue weighted by Crippen LogP contribution is 2.62. The van der Waals surface area contributed by atoms with Crippen molar-refractivity contribution in [2.24, 2.45) is 22.7 Å². The molecule has 2 rings (SSSR count). The molecular weight excluding hydrogens is 276 g/mol. The highest BCUT2D eigenvalue weighted by molar-refractivity contribution is 5.75. The number of aldehydes is 1. The van der Waals surface area contributed by atoms with E-state index in [2.05, 4.69) is 20.1 Å². The van der Waals surface area contributed by atoms with Crippen LogP contribution in [0.2, 0.25) is 0 Å². The molecule has 0 aromatic rings. The lowest BCUT2D eigenvalue weighted by Crippen LogP contribution is -2.53. The fourth-order valence-corrected chi connectivity index (χ4v) is 5.13. The van der Waals surface area contributed by atoms with Crippen LogP contribution in [0, 0.1) is 22.7 Å². The molecule has 4 atom stereocenters. The normalized spacial score (nSPS) is 38.2. The van der Waals surface area contributed by atoms with Crippen molar-refractivity contribution in [3.8, 4) is 0 Å². The van der Waals surface area contributed by atoms with E-state index in [4.69, 9.17) is 0 Å². The van der Waals surface area contributed by atoms with Gasteiger partial charge in [-0.25, -0.2) is 0 Å². The summed E-state index contributed by atoms with van der Waals surface area (Å²) in [7, 11) is 0. The number of rotatable bonds is 5. The van der Waals surface area contributed by atoms with E-state index in [1.165, 1.54) is 5.57 Å². The molecule has 1 unspecified atom stereocenters. The second-order valence-corrected chi connectivity index (χ2v) is 7.70. The van der Waals surface area contributed by atoms with Crippen LogP contribution in [0.25, 0.3) is 0 Å². The minimum atomic E-state index is -0.660. The van der Waals surface area contributed by atoms with Gasteiger partial charge >= 0.3 is 5.97 Å². The molecule has 2 saturated carbocycles. The van der Waals surface area contributed by atoms with E-state index < -0.39 is 11.4 Å². The first-order valence-corrected chi connectivity index (χ1v) is 8.29. The Morgan fingerprint density at radius 1 is 1.41 bits per heavy atom. The zero-order valence-electron chi connectivity index (χ0n) is 13.9. The predicted octanol–water partition coefficient (Wildman–Crippen LogP) is 4.39. The number of hydrogen-bond acceptors (Lipinski definition) is 2. The van der Waals surface area contributed by atoms with E-state index in [9.17, 15) is 14.7 Å². The monoisotopic (exact) mass is 304 g/mol. The first-order chi connectivity index (χ1) is 10.3. The van der Waals surface area contributed by atoms with Gasteiger partial charge in [-0.1, -0.05) is 32.1 Å². The maximum Gasteiger partial charge on any atom is 0.309 e. The van der Waals surface area contributed by atoms with Crippen molar-refractivity contribution in [2.75, 3.05) is 0 Å². The van der Waals surface area contributed by atoms with Crippen LogP contribution in [0.3, 0.4) is 0 Å². The van der Waals surface area contributed by atoms with Crippen LogP contribution in [0.5, 0.6) is 0 Å². The van der Waals surface area contributed by atoms with Crippen LogP contribution < -0.4 is 0 Å². The predicted molar refractivity (Wildman–Crippen MR) is 87.5 cm³/mol. The number of hydrogen-bond donors (Lipinski definition) is 1. The lowest BCUT2D eigenvalue weighted by atomic mass is 9.46. The van der Waals surface area contributed by atoms with Gasteiger partial charge in [-0.2, -0.15) is 0 Å². The summed E-state index contributed by atoms with van der Waals surface area (Å²) in [6, 6.07) is 0. The zero-order chi connectivity index (χ0) is 16.5. The standard InChI is InChI=1S/C19H28O3/c1-13(12-20)6-8-15-14(2)7-9-16-18(15,3)10-5-11-19(16,4)17(21)22/h12,15-16H,1-2,5-11H2,3-4H3,(H,21,22)/t15-,16?,18+,19-/m0/s1. The Morgan fingerprint density at radius 2 is 2.09 bits per heavy atom. The highest BCUT2D eigenvalue weighted by atomic mass is 16.4. The molecule has 2 aliphatic rings. The summed E-state index contributed by atoms with van der Waals surface area (Å²) in [5.74, 6) is -0.180. The number of carboxylic acid groups (broad SMARTS) is 1. The van der Waals surface area contributed by atoms with Crippen LogP contribution in [0.4, 0.5) is 0 Å². The van der Waals surface area contributed by atoms with Crippen molar-refractivity contribution in [2.45, 2.75) is 58.8 Å². The van der Waals surface area contributed by atoms with Crippen molar-refractivity contribution in [3.05, 3.63) is 24.3 Å². The van der Waals surface area contributed by atoms with Crippen LogP contribution in [-0.4, -0.2) is 17.4 Å². The second kappa shape index (κ2) is 6.02. The Kier molecular flexibility index (Phi) is 4.65. The van der Waals surface area contributed by atoms with Crippen LogP contribution in [0.1, 0.15) is 58.8 Å². The molecule has 2 fully saturated rings.